The van der Waals surface area contributed by atoms with Gasteiger partial charge in [0.05, 0.1) is 12.1 Å². The summed E-state index contributed by atoms with van der Waals surface area (Å²) in [6, 6.07) is -0.177. The molecule has 18 heavy (non-hydrogen) atoms. The Morgan fingerprint density at radius 1 is 1.61 bits per heavy atom. The molecule has 0 radical (unpaired) electrons. The highest BCUT2D eigenvalue weighted by Gasteiger charge is 2.44. The van der Waals surface area contributed by atoms with E-state index in [1.54, 1.807) is 37.0 Å². The maximum Gasteiger partial charge on any atom is 0.348 e. The van der Waals surface area contributed by atoms with Crippen molar-refractivity contribution in [2.45, 2.75) is 37.2 Å². The molecule has 1 unspecified atom stereocenters. The highest BCUT2D eigenvalue weighted by molar-refractivity contribution is 14.1. The van der Waals surface area contributed by atoms with E-state index in [0.29, 0.717) is 6.42 Å². The third kappa shape index (κ3) is 4.30. The summed E-state index contributed by atoms with van der Waals surface area (Å²) in [4.78, 5) is 17.8. The highest BCUT2D eigenvalue weighted by atomic mass is 127. The Labute approximate surface area is 121 Å². The minimum absolute atomic E-state index is 0.0960. The Balaban J connectivity index is 2.91. The molecular weight excluding hydrogens is 373 g/mol. The minimum Gasteiger partial charge on any atom is -0.379 e. The fourth-order valence-electron chi connectivity index (χ4n) is 1.99. The maximum atomic E-state index is 10.9. The van der Waals surface area contributed by atoms with Crippen LogP contribution in [0.1, 0.15) is 13.3 Å². The Bertz CT molecular complexity index is 361. The van der Waals surface area contributed by atoms with Crippen molar-refractivity contribution in [1.29, 1.82) is 0 Å². The molecule has 0 amide bonds. The molecule has 1 heterocycles. The summed E-state index contributed by atoms with van der Waals surface area (Å²) < 4.78 is 27.3. The molecule has 1 aliphatic rings. The molecule has 1 saturated heterocycles. The van der Waals surface area contributed by atoms with Gasteiger partial charge in [-0.2, -0.15) is 0 Å². The molecule has 1 rings (SSSR count). The molecule has 0 aromatic carbocycles. The topological polar surface area (TPSA) is 85.2 Å². The Morgan fingerprint density at radius 3 is 2.67 bits per heavy atom. The Kier molecular flexibility index (Phi) is 5.86. The predicted molar refractivity (Wildman–Crippen MR) is 77.3 cm³/mol. The van der Waals surface area contributed by atoms with Gasteiger partial charge in [0.15, 0.2) is 0 Å². The van der Waals surface area contributed by atoms with Crippen LogP contribution in [-0.2, 0) is 17.1 Å². The van der Waals surface area contributed by atoms with E-state index in [1.165, 1.54) is 6.08 Å². The molecule has 1 aliphatic heterocycles. The molecule has 6 nitrogen and oxygen atoms in total. The summed E-state index contributed by atoms with van der Waals surface area (Å²) >= 11 is 1.76. The van der Waals surface area contributed by atoms with E-state index in [0.717, 1.165) is 5.82 Å². The zero-order valence-electron chi connectivity index (χ0n) is 10.4. The normalized spacial score (nSPS) is 38.2. The first-order valence-corrected chi connectivity index (χ1v) is 8.01. The van der Waals surface area contributed by atoms with Gasteiger partial charge >= 0.3 is 7.60 Å². The van der Waals surface area contributed by atoms with Crippen LogP contribution in [0.3, 0.4) is 0 Å². The molecule has 0 aliphatic carbocycles. The van der Waals surface area contributed by atoms with Crippen molar-refractivity contribution < 1.29 is 26.9 Å². The van der Waals surface area contributed by atoms with Crippen LogP contribution >= 0.6 is 30.6 Å². The monoisotopic (exact) mass is 390 g/mol. The van der Waals surface area contributed by atoms with Gasteiger partial charge in [0.25, 0.3) is 0 Å². The zero-order valence-corrected chi connectivity index (χ0v) is 13.5. The zero-order chi connectivity index (χ0) is 14.0. The first-order valence-electron chi connectivity index (χ1n) is 5.45. The van der Waals surface area contributed by atoms with Crippen LogP contribution in [0.2, 0.25) is 0 Å². The lowest BCUT2D eigenvalue weighted by Crippen LogP contribution is -2.54. The summed E-state index contributed by atoms with van der Waals surface area (Å²) in [6.07, 6.45) is 1.55. The quantitative estimate of drug-likeness (QED) is 0.415. The highest BCUT2D eigenvalue weighted by Crippen LogP contribution is 2.40. The van der Waals surface area contributed by atoms with Gasteiger partial charge in [0, 0.05) is 19.3 Å². The first kappa shape index (κ1) is 16.6. The van der Waals surface area contributed by atoms with Gasteiger partial charge in [-0.05, 0) is 13.0 Å². The predicted octanol–water partition coefficient (Wildman–Crippen LogP) is 0.566. The smallest absolute Gasteiger partial charge is 0.348 e. The van der Waals surface area contributed by atoms with Gasteiger partial charge in [-0.15, -0.1) is 0 Å². The first-order chi connectivity index (χ1) is 8.22. The summed E-state index contributed by atoms with van der Waals surface area (Å²) in [7, 11) is -0.741. The van der Waals surface area contributed by atoms with E-state index in [2.05, 4.69) is 0 Å². The van der Waals surface area contributed by atoms with Gasteiger partial charge < -0.3 is 22.3 Å². The summed E-state index contributed by atoms with van der Waals surface area (Å²) in [5.74, 6) is 0.857. The SMILES string of the molecule is BC1O[C@](C)(/C=C/P(=O)(O)O)[C@@H](OI)C[C@H]1OC. The molecule has 2 N–H and O–H groups in total. The van der Waals surface area contributed by atoms with Crippen molar-refractivity contribution in [1.82, 2.24) is 0 Å². The molecule has 1 fully saturated rings. The number of methoxy groups -OCH3 is 1. The van der Waals surface area contributed by atoms with E-state index in [1.807, 2.05) is 7.85 Å². The Hall–Kier alpha value is 0.565. The van der Waals surface area contributed by atoms with Crippen molar-refractivity contribution in [2.24, 2.45) is 0 Å². The maximum absolute atomic E-state index is 10.9. The third-order valence-corrected chi connectivity index (χ3v) is 4.21. The van der Waals surface area contributed by atoms with Crippen LogP contribution in [0, 0.1) is 0 Å². The second kappa shape index (κ2) is 6.34. The van der Waals surface area contributed by atoms with Crippen LogP contribution in [-0.4, -0.2) is 48.6 Å². The van der Waals surface area contributed by atoms with E-state index in [9.17, 15) is 4.57 Å². The van der Waals surface area contributed by atoms with Gasteiger partial charge in [-0.1, -0.05) is 0 Å². The van der Waals surface area contributed by atoms with E-state index in [4.69, 9.17) is 22.3 Å². The lowest BCUT2D eigenvalue weighted by atomic mass is 9.81. The summed E-state index contributed by atoms with van der Waals surface area (Å²) in [6.45, 7) is 1.74. The largest absolute Gasteiger partial charge is 0.379 e. The third-order valence-electron chi connectivity index (χ3n) is 3.06. The molecule has 0 saturated carbocycles. The summed E-state index contributed by atoms with van der Waals surface area (Å²) in [5.41, 5.74) is -0.878. The molecule has 0 spiro atoms. The minimum atomic E-state index is -4.20. The Morgan fingerprint density at radius 2 is 2.22 bits per heavy atom. The number of hydrogen-bond donors (Lipinski definition) is 2. The van der Waals surface area contributed by atoms with Crippen LogP contribution in [0.25, 0.3) is 0 Å². The number of hydrogen-bond acceptors (Lipinski definition) is 4. The van der Waals surface area contributed by atoms with Crippen LogP contribution in [0.15, 0.2) is 11.9 Å². The molecule has 9 heteroatoms. The number of rotatable bonds is 4. The van der Waals surface area contributed by atoms with Gasteiger partial charge in [0.1, 0.15) is 42.6 Å². The molecule has 0 bridgehead atoms. The van der Waals surface area contributed by atoms with Crippen molar-refractivity contribution in [3.8, 4) is 0 Å². The van der Waals surface area contributed by atoms with Gasteiger partial charge in [-0.3, -0.25) is 4.57 Å². The summed E-state index contributed by atoms with van der Waals surface area (Å²) in [5, 5.41) is 0. The molecular formula is C9H17BIO6P. The van der Waals surface area contributed by atoms with Crippen LogP contribution in [0.5, 0.6) is 0 Å². The second-order valence-electron chi connectivity index (χ2n) is 4.50. The van der Waals surface area contributed by atoms with Crippen molar-refractivity contribution >= 4 is 38.4 Å². The van der Waals surface area contributed by atoms with Crippen LogP contribution < -0.4 is 0 Å². The molecule has 0 aromatic heterocycles. The molecule has 4 atom stereocenters. The fraction of sp³-hybridized carbons (Fsp3) is 0.778. The molecule has 0 aromatic rings. The van der Waals surface area contributed by atoms with E-state index in [-0.39, 0.29) is 18.2 Å². The second-order valence-corrected chi connectivity index (χ2v) is 6.48. The number of halogens is 1. The van der Waals surface area contributed by atoms with Crippen LogP contribution in [0.4, 0.5) is 0 Å². The van der Waals surface area contributed by atoms with E-state index < -0.39 is 13.2 Å². The molecule has 104 valence electrons. The van der Waals surface area contributed by atoms with Crippen molar-refractivity contribution in [2.75, 3.05) is 7.11 Å². The van der Waals surface area contributed by atoms with E-state index >= 15 is 0 Å². The van der Waals surface area contributed by atoms with Gasteiger partial charge in [-0.25, -0.2) is 0 Å². The van der Waals surface area contributed by atoms with Crippen molar-refractivity contribution in [3.63, 3.8) is 0 Å². The average molecular weight is 390 g/mol. The van der Waals surface area contributed by atoms with Gasteiger partial charge in [0.2, 0.25) is 0 Å². The number of ether oxygens (including phenoxy) is 2. The lowest BCUT2D eigenvalue weighted by molar-refractivity contribution is -0.163. The lowest BCUT2D eigenvalue weighted by Gasteiger charge is -2.44. The van der Waals surface area contributed by atoms with Crippen molar-refractivity contribution in [3.05, 3.63) is 11.9 Å². The average Bonchev–Trinajstić information content (AvgIpc) is 2.26. The standard InChI is InChI=1S/C9H17BIO6P/c1-9(3-4-18(12,13)14)7(17-11)5-6(15-2)8(10)16-9/h3-4,6-8H,5,10H2,1-2H3,(H2,12,13,14)/b4-3+/t6-,7+,8?,9-/m1/s1. The fourth-order valence-corrected chi connectivity index (χ4v) is 3.20.